The molecule has 0 bridgehead atoms. The van der Waals surface area contributed by atoms with Gasteiger partial charge in [0.2, 0.25) is 0 Å². The van der Waals surface area contributed by atoms with Gasteiger partial charge in [-0.05, 0) is 43.9 Å². The van der Waals surface area contributed by atoms with E-state index in [-0.39, 0.29) is 5.92 Å². The summed E-state index contributed by atoms with van der Waals surface area (Å²) in [7, 11) is 0. The molecule has 0 aromatic carbocycles. The fourth-order valence-electron chi connectivity index (χ4n) is 15.0. The van der Waals surface area contributed by atoms with Crippen LogP contribution < -0.4 is 0 Å². The van der Waals surface area contributed by atoms with Crippen molar-refractivity contribution in [1.82, 2.24) is 0 Å². The van der Waals surface area contributed by atoms with E-state index in [4.69, 9.17) is 0 Å². The Labute approximate surface area is 554 Å². The topological polar surface area (TPSA) is 74.6 Å². The van der Waals surface area contributed by atoms with Gasteiger partial charge >= 0.3 is 5.97 Å². The lowest BCUT2D eigenvalue weighted by Gasteiger charge is -2.19. The highest BCUT2D eigenvalue weighted by molar-refractivity contribution is 5.80. The summed E-state index contributed by atoms with van der Waals surface area (Å²) in [6, 6.07) is 0. The van der Waals surface area contributed by atoms with E-state index in [1.807, 2.05) is 0 Å². The van der Waals surface area contributed by atoms with Crippen LogP contribution in [-0.2, 0) is 9.59 Å². The summed E-state index contributed by atoms with van der Waals surface area (Å²) in [6.07, 6.45) is 99.4. The first kappa shape index (κ1) is 85.1. The average Bonchev–Trinajstić information content (AvgIpc) is 4.35. The Hall–Kier alpha value is -0.900. The summed E-state index contributed by atoms with van der Waals surface area (Å²) >= 11 is 0. The van der Waals surface area contributed by atoms with E-state index in [0.717, 1.165) is 56.8 Å². The lowest BCUT2D eigenvalue weighted by molar-refractivity contribution is -0.146. The van der Waals surface area contributed by atoms with Crippen molar-refractivity contribution in [1.29, 1.82) is 0 Å². The average molecular weight is 1240 g/mol. The third-order valence-electron chi connectivity index (χ3n) is 21.6. The largest absolute Gasteiger partial charge is 0.481 e. The van der Waals surface area contributed by atoms with Crippen LogP contribution >= 0.6 is 0 Å². The first-order chi connectivity index (χ1) is 43.4. The first-order valence-electron chi connectivity index (χ1n) is 41.8. The lowest BCUT2D eigenvalue weighted by Crippen LogP contribution is -2.28. The number of hydrogen-bond donors (Lipinski definition) is 2. The van der Waals surface area contributed by atoms with E-state index in [1.54, 1.807) is 0 Å². The van der Waals surface area contributed by atoms with Crippen molar-refractivity contribution < 1.29 is 19.8 Å². The molecule has 0 saturated heterocycles. The molecule has 0 spiro atoms. The van der Waals surface area contributed by atoms with Crippen molar-refractivity contribution in [3.63, 3.8) is 0 Å². The van der Waals surface area contributed by atoms with Gasteiger partial charge in [0.05, 0.1) is 12.0 Å². The number of aliphatic hydroxyl groups excluding tert-OH is 1. The van der Waals surface area contributed by atoms with Crippen LogP contribution in [0, 0.1) is 23.7 Å². The number of aliphatic carboxylic acids is 1. The third-order valence-corrected chi connectivity index (χ3v) is 21.6. The van der Waals surface area contributed by atoms with Crippen LogP contribution in [0.25, 0.3) is 0 Å². The minimum absolute atomic E-state index is 0.281. The summed E-state index contributed by atoms with van der Waals surface area (Å²) in [5.74, 6) is 1.59. The van der Waals surface area contributed by atoms with Gasteiger partial charge in [-0.2, -0.15) is 0 Å². The summed E-state index contributed by atoms with van der Waals surface area (Å²) in [5.41, 5.74) is 0. The second-order valence-electron chi connectivity index (χ2n) is 30.3. The molecule has 1 aliphatic rings. The lowest BCUT2D eigenvalue weighted by atomic mass is 9.91. The molecular formula is C84H164O4. The monoisotopic (exact) mass is 1240 g/mol. The van der Waals surface area contributed by atoms with Gasteiger partial charge in [-0.25, -0.2) is 0 Å². The van der Waals surface area contributed by atoms with E-state index >= 15 is 0 Å². The van der Waals surface area contributed by atoms with Crippen LogP contribution in [0.2, 0.25) is 0 Å². The van der Waals surface area contributed by atoms with E-state index in [2.05, 4.69) is 20.8 Å². The Bertz CT molecular complexity index is 1360. The van der Waals surface area contributed by atoms with Crippen LogP contribution in [0.15, 0.2) is 0 Å². The molecule has 0 amide bonds. The molecule has 4 nitrogen and oxygen atoms in total. The zero-order valence-electron chi connectivity index (χ0n) is 60.9. The van der Waals surface area contributed by atoms with Crippen LogP contribution in [0.1, 0.15) is 496 Å². The summed E-state index contributed by atoms with van der Waals surface area (Å²) in [6.45, 7) is 6.79. The van der Waals surface area contributed by atoms with Crippen molar-refractivity contribution in [3.05, 3.63) is 0 Å². The molecular weight excluding hydrogens is 1070 g/mol. The SMILES string of the molecule is CCCCCCCCCCCCCCCCCCCCCCCC[C@@H](C(=O)O)[C@H](O)CCCCCCCCCCCCCCCCC[C@H]1C[C@@H]1CCCCCCCCCCCCCCCCC(=O)[C@H](C)CCCCCCCCCCCCCCCCCC. The third kappa shape index (κ3) is 62.5. The predicted molar refractivity (Wildman–Crippen MR) is 391 cm³/mol. The summed E-state index contributed by atoms with van der Waals surface area (Å²) in [5, 5.41) is 20.6. The molecule has 0 aliphatic heterocycles. The Balaban J connectivity index is 1.75. The maximum absolute atomic E-state index is 12.7. The molecule has 524 valence electrons. The molecule has 0 unspecified atom stereocenters. The van der Waals surface area contributed by atoms with Crippen molar-refractivity contribution in [2.75, 3.05) is 0 Å². The Kier molecular flexibility index (Phi) is 68.1. The molecule has 0 heterocycles. The molecule has 2 N–H and O–H groups in total. The highest BCUT2D eigenvalue weighted by Crippen LogP contribution is 2.46. The Morgan fingerprint density at radius 1 is 0.284 bits per heavy atom. The minimum atomic E-state index is -0.800. The maximum Gasteiger partial charge on any atom is 0.309 e. The number of unbranched alkanes of at least 4 members (excludes halogenated alkanes) is 63. The van der Waals surface area contributed by atoms with Gasteiger partial charge in [0, 0.05) is 12.3 Å². The normalized spacial score (nSPS) is 15.1. The van der Waals surface area contributed by atoms with Crippen molar-refractivity contribution in [2.24, 2.45) is 23.7 Å². The van der Waals surface area contributed by atoms with E-state index < -0.39 is 18.0 Å². The molecule has 1 rings (SSSR count). The number of carbonyl (C=O) groups is 2. The Morgan fingerprint density at radius 3 is 0.739 bits per heavy atom. The standard InChI is InChI=1S/C84H164O4/c1-4-6-8-10-12-14-16-18-20-22-23-24-25-26-27-31-38-44-50-56-62-68-74-81(84(87)88)83(86)76-70-64-58-52-46-40-32-28-30-36-42-48-54-60-66-72-79-77-80(79)73-67-61-55-49-43-37-33-34-39-45-51-57-63-69-75-82(85)78(3)71-65-59-53-47-41-35-29-21-19-17-15-13-11-9-7-5-2/h78-81,83,86H,4-77H2,1-3H3,(H,87,88)/t78-,79+,80+,81-,83-/m1/s1. The molecule has 0 aromatic rings. The summed E-state index contributed by atoms with van der Waals surface area (Å²) in [4.78, 5) is 24.7. The highest BCUT2D eigenvalue weighted by atomic mass is 16.4. The zero-order chi connectivity index (χ0) is 63.4. The van der Waals surface area contributed by atoms with E-state index in [9.17, 15) is 19.8 Å². The van der Waals surface area contributed by atoms with E-state index in [0.29, 0.717) is 18.6 Å². The molecule has 0 aromatic heterocycles. The number of Topliss-reactive ketones (excluding diaryl/α,β-unsaturated/α-hetero) is 1. The first-order valence-corrected chi connectivity index (χ1v) is 41.8. The molecule has 1 saturated carbocycles. The number of hydrogen-bond acceptors (Lipinski definition) is 3. The number of aliphatic hydroxyl groups is 1. The van der Waals surface area contributed by atoms with Gasteiger partial charge in [0.25, 0.3) is 0 Å². The fraction of sp³-hybridized carbons (Fsp3) is 0.976. The van der Waals surface area contributed by atoms with Crippen molar-refractivity contribution in [2.45, 2.75) is 502 Å². The fourth-order valence-corrected chi connectivity index (χ4v) is 15.0. The van der Waals surface area contributed by atoms with Gasteiger partial charge in [-0.3, -0.25) is 9.59 Å². The molecule has 5 atom stereocenters. The Morgan fingerprint density at radius 2 is 0.489 bits per heavy atom. The van der Waals surface area contributed by atoms with Gasteiger partial charge < -0.3 is 10.2 Å². The molecule has 0 radical (unpaired) electrons. The van der Waals surface area contributed by atoms with Gasteiger partial charge in [0.1, 0.15) is 5.78 Å². The number of carboxylic acids is 1. The number of rotatable bonds is 78. The van der Waals surface area contributed by atoms with Gasteiger partial charge in [0.15, 0.2) is 0 Å². The molecule has 4 heteroatoms. The maximum atomic E-state index is 12.7. The van der Waals surface area contributed by atoms with E-state index in [1.165, 1.54) is 417 Å². The van der Waals surface area contributed by atoms with Crippen LogP contribution in [0.3, 0.4) is 0 Å². The number of carbonyl (C=O) groups excluding carboxylic acids is 1. The predicted octanol–water partition coefficient (Wildman–Crippen LogP) is 29.4. The van der Waals surface area contributed by atoms with Crippen LogP contribution in [-0.4, -0.2) is 28.1 Å². The zero-order valence-corrected chi connectivity index (χ0v) is 60.9. The number of ketones is 1. The quantitative estimate of drug-likeness (QED) is 0.0595. The minimum Gasteiger partial charge on any atom is -0.481 e. The second-order valence-corrected chi connectivity index (χ2v) is 30.3. The van der Waals surface area contributed by atoms with Crippen molar-refractivity contribution >= 4 is 11.8 Å². The van der Waals surface area contributed by atoms with Crippen LogP contribution in [0.4, 0.5) is 0 Å². The molecule has 88 heavy (non-hydrogen) atoms. The molecule has 1 fully saturated rings. The highest BCUT2D eigenvalue weighted by Gasteiger charge is 2.35. The summed E-state index contributed by atoms with van der Waals surface area (Å²) < 4.78 is 0. The second kappa shape index (κ2) is 70.4. The van der Waals surface area contributed by atoms with Crippen molar-refractivity contribution in [3.8, 4) is 0 Å². The smallest absolute Gasteiger partial charge is 0.309 e. The molecule has 1 aliphatic carbocycles. The van der Waals surface area contributed by atoms with Gasteiger partial charge in [-0.1, -0.05) is 457 Å². The van der Waals surface area contributed by atoms with Gasteiger partial charge in [-0.15, -0.1) is 0 Å². The number of carboxylic acid groups (broad SMARTS) is 1. The van der Waals surface area contributed by atoms with Crippen LogP contribution in [0.5, 0.6) is 0 Å².